The van der Waals surface area contributed by atoms with Gasteiger partial charge in [0.1, 0.15) is 0 Å². The quantitative estimate of drug-likeness (QED) is 0.164. The highest BCUT2D eigenvalue weighted by molar-refractivity contribution is 7.85. The average Bonchev–Trinajstić information content (AvgIpc) is 2.98. The monoisotopic (exact) mass is 550 g/mol. The van der Waals surface area contributed by atoms with Gasteiger partial charge in [0.05, 0.1) is 4.90 Å². The van der Waals surface area contributed by atoms with Crippen LogP contribution in [0, 0.1) is 6.92 Å². The zero-order valence-electron chi connectivity index (χ0n) is 22.5. The molecule has 0 saturated carbocycles. The maximum Gasteiger partial charge on any atom is 0.294 e. The summed E-state index contributed by atoms with van der Waals surface area (Å²) in [5.74, 6) is 0. The zero-order chi connectivity index (χ0) is 28.2. The van der Waals surface area contributed by atoms with Gasteiger partial charge >= 0.3 is 0 Å². The number of benzene rings is 5. The first-order valence-electron chi connectivity index (χ1n) is 13.1. The van der Waals surface area contributed by atoms with Crippen LogP contribution < -0.4 is 10.6 Å². The van der Waals surface area contributed by atoms with Gasteiger partial charge in [-0.2, -0.15) is 8.42 Å². The molecule has 0 saturated heterocycles. The van der Waals surface area contributed by atoms with Crippen LogP contribution in [-0.2, 0) is 29.6 Å². The Morgan fingerprint density at radius 2 is 0.925 bits per heavy atom. The molecule has 0 fully saturated rings. The number of aryl methyl sites for hydroxylation is 1. The second-order valence-electron chi connectivity index (χ2n) is 9.54. The van der Waals surface area contributed by atoms with E-state index in [1.54, 1.807) is 12.1 Å². The van der Waals surface area contributed by atoms with Crippen molar-refractivity contribution in [3.63, 3.8) is 0 Å². The van der Waals surface area contributed by atoms with Crippen LogP contribution in [0.2, 0.25) is 0 Å². The molecular formula is C34H34N2O3S. The van der Waals surface area contributed by atoms with Crippen molar-refractivity contribution < 1.29 is 13.0 Å². The van der Waals surface area contributed by atoms with Crippen LogP contribution in [0.1, 0.15) is 27.8 Å². The van der Waals surface area contributed by atoms with E-state index in [0.29, 0.717) is 0 Å². The van der Waals surface area contributed by atoms with E-state index in [0.717, 1.165) is 36.4 Å². The molecule has 0 aliphatic rings. The molecule has 5 nitrogen and oxygen atoms in total. The highest BCUT2D eigenvalue weighted by Gasteiger charge is 2.07. The van der Waals surface area contributed by atoms with Crippen molar-refractivity contribution in [3.8, 4) is 0 Å². The normalized spacial score (nSPS) is 10.8. The fourth-order valence-electron chi connectivity index (χ4n) is 4.03. The maximum atomic E-state index is 10.5. The lowest BCUT2D eigenvalue weighted by molar-refractivity contribution is 0.483. The Kier molecular flexibility index (Phi) is 10.1. The fourth-order valence-corrected chi connectivity index (χ4v) is 4.51. The van der Waals surface area contributed by atoms with E-state index in [1.807, 2.05) is 19.1 Å². The standard InChI is InChI=1S/C27H26N2.C7H8O3S/c1-3-7-24(8-4-1)20-28-26-15-11-22(12-16-26)19-23-13-17-27(18-14-23)29-21-25-9-5-2-6-10-25;1-6-2-4-7(5-3-6)11(8,9)10/h1-18,28-29H,19-21H2;2-5H,1H3,(H,8,9,10). The summed E-state index contributed by atoms with van der Waals surface area (Å²) >= 11 is 0. The molecule has 0 spiro atoms. The molecule has 40 heavy (non-hydrogen) atoms. The number of hydrogen-bond donors (Lipinski definition) is 3. The Balaban J connectivity index is 0.000000283. The molecule has 0 heterocycles. The summed E-state index contributed by atoms with van der Waals surface area (Å²) in [7, 11) is -4.02. The summed E-state index contributed by atoms with van der Waals surface area (Å²) in [4.78, 5) is -0.0666. The predicted molar refractivity (Wildman–Crippen MR) is 164 cm³/mol. The number of nitrogens with one attached hydrogen (secondary N) is 2. The predicted octanol–water partition coefficient (Wildman–Crippen LogP) is 7.74. The van der Waals surface area contributed by atoms with E-state index in [9.17, 15) is 8.42 Å². The van der Waals surface area contributed by atoms with Gasteiger partial charge in [0, 0.05) is 24.5 Å². The molecule has 5 aromatic rings. The molecule has 204 valence electrons. The first kappa shape index (κ1) is 28.6. The molecule has 0 aliphatic heterocycles. The van der Waals surface area contributed by atoms with Gasteiger partial charge in [-0.3, -0.25) is 4.55 Å². The summed E-state index contributed by atoms with van der Waals surface area (Å²) in [5.41, 5.74) is 8.48. The number of hydrogen-bond acceptors (Lipinski definition) is 4. The van der Waals surface area contributed by atoms with E-state index in [4.69, 9.17) is 4.55 Å². The van der Waals surface area contributed by atoms with E-state index >= 15 is 0 Å². The fraction of sp³-hybridized carbons (Fsp3) is 0.118. The van der Waals surface area contributed by atoms with Crippen LogP contribution in [0.5, 0.6) is 0 Å². The van der Waals surface area contributed by atoms with Crippen LogP contribution in [0.15, 0.2) is 138 Å². The molecule has 0 unspecified atom stereocenters. The van der Waals surface area contributed by atoms with Crippen LogP contribution in [0.3, 0.4) is 0 Å². The molecule has 5 aromatic carbocycles. The molecule has 0 aromatic heterocycles. The minimum atomic E-state index is -4.02. The smallest absolute Gasteiger partial charge is 0.294 e. The van der Waals surface area contributed by atoms with E-state index in [1.165, 1.54) is 34.4 Å². The van der Waals surface area contributed by atoms with Crippen LogP contribution in [0.25, 0.3) is 0 Å². The van der Waals surface area contributed by atoms with Crippen molar-refractivity contribution in [1.29, 1.82) is 0 Å². The topological polar surface area (TPSA) is 78.4 Å². The lowest BCUT2D eigenvalue weighted by Crippen LogP contribution is -2.00. The zero-order valence-corrected chi connectivity index (χ0v) is 23.3. The maximum absolute atomic E-state index is 10.5. The Morgan fingerprint density at radius 3 is 1.30 bits per heavy atom. The Morgan fingerprint density at radius 1 is 0.525 bits per heavy atom. The van der Waals surface area contributed by atoms with Gasteiger partial charge in [0.25, 0.3) is 10.1 Å². The summed E-state index contributed by atoms with van der Waals surface area (Å²) in [6.07, 6.45) is 0.942. The highest BCUT2D eigenvalue weighted by atomic mass is 32.2. The molecule has 3 N–H and O–H groups in total. The largest absolute Gasteiger partial charge is 0.381 e. The Hall–Kier alpha value is -4.39. The van der Waals surface area contributed by atoms with Crippen LogP contribution >= 0.6 is 0 Å². The van der Waals surface area contributed by atoms with Crippen molar-refractivity contribution in [3.05, 3.63) is 161 Å². The summed E-state index contributed by atoms with van der Waals surface area (Å²) in [6, 6.07) is 44.4. The van der Waals surface area contributed by atoms with Crippen LogP contribution in [0.4, 0.5) is 11.4 Å². The van der Waals surface area contributed by atoms with Gasteiger partial charge in [-0.15, -0.1) is 0 Å². The lowest BCUT2D eigenvalue weighted by Gasteiger charge is -2.09. The Labute approximate surface area is 237 Å². The summed E-state index contributed by atoms with van der Waals surface area (Å²) < 4.78 is 29.6. The molecule has 0 atom stereocenters. The van der Waals surface area contributed by atoms with Crippen molar-refractivity contribution >= 4 is 21.5 Å². The van der Waals surface area contributed by atoms with Gasteiger partial charge in [-0.05, 0) is 72.0 Å². The first-order valence-corrected chi connectivity index (χ1v) is 14.6. The third-order valence-corrected chi connectivity index (χ3v) is 7.18. The van der Waals surface area contributed by atoms with Crippen molar-refractivity contribution in [1.82, 2.24) is 0 Å². The van der Waals surface area contributed by atoms with Gasteiger partial charge in [-0.25, -0.2) is 0 Å². The van der Waals surface area contributed by atoms with E-state index < -0.39 is 10.1 Å². The minimum absolute atomic E-state index is 0.0666. The summed E-state index contributed by atoms with van der Waals surface area (Å²) in [5, 5.41) is 6.96. The molecule has 0 aliphatic carbocycles. The molecule has 0 bridgehead atoms. The van der Waals surface area contributed by atoms with E-state index in [2.05, 4.69) is 108 Å². The third kappa shape index (κ3) is 9.42. The summed E-state index contributed by atoms with van der Waals surface area (Å²) in [6.45, 7) is 3.53. The van der Waals surface area contributed by atoms with Crippen molar-refractivity contribution in [2.24, 2.45) is 0 Å². The van der Waals surface area contributed by atoms with Crippen LogP contribution in [-0.4, -0.2) is 13.0 Å². The Bertz CT molecular complexity index is 1470. The lowest BCUT2D eigenvalue weighted by atomic mass is 10.0. The SMILES string of the molecule is Cc1ccc(S(=O)(=O)O)cc1.c1ccc(CNc2ccc(Cc3ccc(NCc4ccccc4)cc3)cc2)cc1. The molecule has 6 heteroatoms. The van der Waals surface area contributed by atoms with Crippen molar-refractivity contribution in [2.45, 2.75) is 31.3 Å². The average molecular weight is 551 g/mol. The highest BCUT2D eigenvalue weighted by Crippen LogP contribution is 2.17. The minimum Gasteiger partial charge on any atom is -0.381 e. The van der Waals surface area contributed by atoms with Gasteiger partial charge < -0.3 is 10.6 Å². The van der Waals surface area contributed by atoms with E-state index in [-0.39, 0.29) is 4.90 Å². The number of anilines is 2. The number of rotatable bonds is 9. The molecule has 0 radical (unpaired) electrons. The molecule has 0 amide bonds. The van der Waals surface area contributed by atoms with Crippen molar-refractivity contribution in [2.75, 3.05) is 10.6 Å². The second-order valence-corrected chi connectivity index (χ2v) is 11.0. The second kappa shape index (κ2) is 14.1. The molecule has 5 rings (SSSR count). The van der Waals surface area contributed by atoms with Gasteiger partial charge in [-0.1, -0.05) is 103 Å². The van der Waals surface area contributed by atoms with Gasteiger partial charge in [0.2, 0.25) is 0 Å². The first-order chi connectivity index (χ1) is 19.3. The van der Waals surface area contributed by atoms with Gasteiger partial charge in [0.15, 0.2) is 0 Å². The molecular weight excluding hydrogens is 516 g/mol. The third-order valence-electron chi connectivity index (χ3n) is 6.31.